The Morgan fingerprint density at radius 3 is 1.15 bits per heavy atom. The predicted molar refractivity (Wildman–Crippen MR) is 227 cm³/mol. The molecule has 10 aromatic carbocycles. The van der Waals surface area contributed by atoms with Crippen molar-refractivity contribution in [3.8, 4) is 0 Å². The van der Waals surface area contributed by atoms with Crippen molar-refractivity contribution < 1.29 is 4.42 Å². The first-order valence-electron chi connectivity index (χ1n) is 19.0. The Labute approximate surface area is 307 Å². The predicted octanol–water partition coefficient (Wildman–Crippen LogP) is 14.5. The summed E-state index contributed by atoms with van der Waals surface area (Å²) in [5.74, 6) is 0. The van der Waals surface area contributed by atoms with Crippen LogP contribution in [0.1, 0.15) is 49.9 Å². The second kappa shape index (κ2) is 11.6. The SMILES string of the molecule is CC[C@@H](Nc1ccc2ccc3cccc4ccc1c2c34)c1cccc2c1oc1c([C@@H](CC)Nc3ccc4ccc5cccc6ccc3c4c56)cccc12. The third kappa shape index (κ3) is 4.47. The van der Waals surface area contributed by atoms with Crippen LogP contribution in [0.3, 0.4) is 0 Å². The molecular formula is C50H38N2O. The van der Waals surface area contributed by atoms with E-state index in [9.17, 15) is 0 Å². The Hall–Kier alpha value is -6.32. The van der Waals surface area contributed by atoms with Gasteiger partial charge in [-0.15, -0.1) is 0 Å². The fraction of sp³-hybridized carbons (Fsp3) is 0.120. The van der Waals surface area contributed by atoms with E-state index in [4.69, 9.17) is 4.42 Å². The minimum Gasteiger partial charge on any atom is -0.455 e. The van der Waals surface area contributed by atoms with Crippen molar-refractivity contribution in [2.24, 2.45) is 0 Å². The van der Waals surface area contributed by atoms with Gasteiger partial charge >= 0.3 is 0 Å². The molecule has 0 aliphatic rings. The highest BCUT2D eigenvalue weighted by atomic mass is 16.3. The van der Waals surface area contributed by atoms with Gasteiger partial charge in [0.15, 0.2) is 0 Å². The van der Waals surface area contributed by atoms with Crippen LogP contribution in [0, 0.1) is 0 Å². The summed E-state index contributed by atoms with van der Waals surface area (Å²) in [5, 5.41) is 25.8. The second-order valence-electron chi connectivity index (χ2n) is 14.7. The average Bonchev–Trinajstić information content (AvgIpc) is 3.60. The van der Waals surface area contributed by atoms with Gasteiger partial charge in [0.25, 0.3) is 0 Å². The maximum atomic E-state index is 7.04. The number of para-hydroxylation sites is 2. The Bertz CT molecular complexity index is 2930. The lowest BCUT2D eigenvalue weighted by atomic mass is 9.93. The molecule has 0 bridgehead atoms. The number of anilines is 2. The van der Waals surface area contributed by atoms with Crippen LogP contribution < -0.4 is 10.6 Å². The zero-order valence-electron chi connectivity index (χ0n) is 29.8. The first-order valence-corrected chi connectivity index (χ1v) is 19.0. The smallest absolute Gasteiger partial charge is 0.140 e. The van der Waals surface area contributed by atoms with Crippen molar-refractivity contribution in [2.75, 3.05) is 10.6 Å². The highest BCUT2D eigenvalue weighted by Gasteiger charge is 2.23. The zero-order valence-corrected chi connectivity index (χ0v) is 29.8. The van der Waals surface area contributed by atoms with E-state index in [0.717, 1.165) is 46.2 Å². The maximum absolute atomic E-state index is 7.04. The van der Waals surface area contributed by atoms with Gasteiger partial charge in [0.1, 0.15) is 11.2 Å². The first kappa shape index (κ1) is 30.3. The monoisotopic (exact) mass is 682 g/mol. The summed E-state index contributed by atoms with van der Waals surface area (Å²) in [6.45, 7) is 4.52. The standard InChI is InChI=1S/C50H38N2O/c1-3-41(51-43-27-23-33-19-17-29-9-5-11-31-21-25-37(43)47(33)45(29)31)39-15-7-13-35-36-14-8-16-40(50(36)53-49(35)39)42(4-2)52-44-28-24-34-20-18-30-10-6-12-32-22-26-38(44)48(34)46(30)32/h5-28,41-42,51-52H,3-4H2,1-2H3/t41-,42-/m1/s1. The van der Waals surface area contributed by atoms with E-state index < -0.39 is 0 Å². The van der Waals surface area contributed by atoms with Crippen molar-refractivity contribution in [3.63, 3.8) is 0 Å². The Morgan fingerprint density at radius 1 is 0.377 bits per heavy atom. The van der Waals surface area contributed by atoms with Gasteiger partial charge < -0.3 is 15.1 Å². The lowest BCUT2D eigenvalue weighted by molar-refractivity contribution is 0.634. The number of hydrogen-bond donors (Lipinski definition) is 2. The normalized spacial score (nSPS) is 13.5. The summed E-state index contributed by atoms with van der Waals surface area (Å²) in [6.07, 6.45) is 1.83. The van der Waals surface area contributed by atoms with Crippen molar-refractivity contribution in [1.82, 2.24) is 0 Å². The molecule has 0 unspecified atom stereocenters. The molecule has 0 radical (unpaired) electrons. The van der Waals surface area contributed by atoms with E-state index in [1.54, 1.807) is 0 Å². The van der Waals surface area contributed by atoms with E-state index in [1.807, 2.05) is 0 Å². The van der Waals surface area contributed by atoms with Gasteiger partial charge in [-0.3, -0.25) is 0 Å². The molecule has 2 atom stereocenters. The number of rotatable bonds is 8. The molecule has 3 nitrogen and oxygen atoms in total. The van der Waals surface area contributed by atoms with Crippen LogP contribution in [-0.4, -0.2) is 0 Å². The molecule has 0 spiro atoms. The molecule has 0 saturated carbocycles. The summed E-state index contributed by atoms with van der Waals surface area (Å²) in [7, 11) is 0. The number of nitrogens with one attached hydrogen (secondary N) is 2. The Morgan fingerprint density at radius 2 is 0.736 bits per heavy atom. The van der Waals surface area contributed by atoms with Gasteiger partial charge in [-0.25, -0.2) is 0 Å². The van der Waals surface area contributed by atoms with Crippen molar-refractivity contribution in [2.45, 2.75) is 38.8 Å². The van der Waals surface area contributed by atoms with Gasteiger partial charge in [0.05, 0.1) is 12.1 Å². The molecule has 0 aliphatic carbocycles. The van der Waals surface area contributed by atoms with Crippen LogP contribution in [0.25, 0.3) is 86.6 Å². The van der Waals surface area contributed by atoms with E-state index in [0.29, 0.717) is 0 Å². The minimum atomic E-state index is 0.0680. The summed E-state index contributed by atoms with van der Waals surface area (Å²) < 4.78 is 7.04. The molecule has 11 aromatic rings. The molecule has 11 rings (SSSR count). The summed E-state index contributed by atoms with van der Waals surface area (Å²) in [4.78, 5) is 0. The number of benzene rings is 10. The number of furan rings is 1. The Kier molecular flexibility index (Phi) is 6.63. The summed E-state index contributed by atoms with van der Waals surface area (Å²) in [6, 6.07) is 53.7. The van der Waals surface area contributed by atoms with Crippen LogP contribution in [0.5, 0.6) is 0 Å². The second-order valence-corrected chi connectivity index (χ2v) is 14.7. The maximum Gasteiger partial charge on any atom is 0.140 e. The highest BCUT2D eigenvalue weighted by Crippen LogP contribution is 2.43. The fourth-order valence-corrected chi connectivity index (χ4v) is 9.31. The lowest BCUT2D eigenvalue weighted by Crippen LogP contribution is -2.10. The minimum absolute atomic E-state index is 0.0680. The first-order chi connectivity index (χ1) is 26.2. The molecule has 0 aliphatic heterocycles. The molecule has 53 heavy (non-hydrogen) atoms. The van der Waals surface area contributed by atoms with E-state index in [-0.39, 0.29) is 12.1 Å². The molecule has 0 amide bonds. The molecule has 0 saturated heterocycles. The number of hydrogen-bond acceptors (Lipinski definition) is 3. The molecule has 3 heteroatoms. The third-order valence-electron chi connectivity index (χ3n) is 11.9. The van der Waals surface area contributed by atoms with Crippen LogP contribution in [0.15, 0.2) is 150 Å². The van der Waals surface area contributed by atoms with Crippen molar-refractivity contribution in [3.05, 3.63) is 157 Å². The third-order valence-corrected chi connectivity index (χ3v) is 11.9. The van der Waals surface area contributed by atoms with E-state index in [1.165, 1.54) is 75.8 Å². The van der Waals surface area contributed by atoms with Crippen molar-refractivity contribution in [1.29, 1.82) is 0 Å². The molecule has 0 fully saturated rings. The lowest BCUT2D eigenvalue weighted by Gasteiger charge is -2.22. The van der Waals surface area contributed by atoms with Gasteiger partial charge in [-0.05, 0) is 78.8 Å². The average molecular weight is 683 g/mol. The Balaban J connectivity index is 1.00. The van der Waals surface area contributed by atoms with E-state index >= 15 is 0 Å². The largest absolute Gasteiger partial charge is 0.455 e. The molecule has 1 aromatic heterocycles. The summed E-state index contributed by atoms with van der Waals surface area (Å²) >= 11 is 0. The zero-order chi connectivity index (χ0) is 35.2. The van der Waals surface area contributed by atoms with Crippen LogP contribution in [0.4, 0.5) is 11.4 Å². The van der Waals surface area contributed by atoms with Gasteiger partial charge in [-0.2, -0.15) is 0 Å². The van der Waals surface area contributed by atoms with E-state index in [2.05, 4.69) is 170 Å². The van der Waals surface area contributed by atoms with Gasteiger partial charge in [0, 0.05) is 44.0 Å². The van der Waals surface area contributed by atoms with Crippen LogP contribution >= 0.6 is 0 Å². The molecule has 254 valence electrons. The van der Waals surface area contributed by atoms with Crippen molar-refractivity contribution >= 4 is 97.9 Å². The van der Waals surface area contributed by atoms with Gasteiger partial charge in [0.2, 0.25) is 0 Å². The molecular weight excluding hydrogens is 645 g/mol. The van der Waals surface area contributed by atoms with Crippen LogP contribution in [-0.2, 0) is 0 Å². The number of fused-ring (bicyclic) bond motifs is 3. The van der Waals surface area contributed by atoms with Crippen LogP contribution in [0.2, 0.25) is 0 Å². The van der Waals surface area contributed by atoms with Gasteiger partial charge in [-0.1, -0.05) is 147 Å². The quantitative estimate of drug-likeness (QED) is 0.157. The highest BCUT2D eigenvalue weighted by molar-refractivity contribution is 6.26. The fourth-order valence-electron chi connectivity index (χ4n) is 9.31. The molecule has 2 N–H and O–H groups in total. The summed E-state index contributed by atoms with van der Waals surface area (Å²) in [5.41, 5.74) is 6.60. The molecule has 1 heterocycles. The topological polar surface area (TPSA) is 37.2 Å².